The largest absolute Gasteiger partial charge is 0.379 e. The second kappa shape index (κ2) is 5.33. The van der Waals surface area contributed by atoms with Crippen LogP contribution in [0.25, 0.3) is 0 Å². The maximum absolute atomic E-state index is 12.9. The Morgan fingerprint density at radius 3 is 3.00 bits per heavy atom. The van der Waals surface area contributed by atoms with Crippen molar-refractivity contribution in [2.24, 2.45) is 0 Å². The molecule has 0 saturated carbocycles. The minimum atomic E-state index is -0.512. The highest BCUT2D eigenvalue weighted by Crippen LogP contribution is 2.19. The van der Waals surface area contributed by atoms with Crippen LogP contribution in [0, 0.1) is 5.82 Å². The van der Waals surface area contributed by atoms with Crippen molar-refractivity contribution in [1.82, 2.24) is 5.32 Å². The van der Waals surface area contributed by atoms with Crippen LogP contribution in [-0.2, 0) is 4.74 Å². The normalized spacial score (nSPS) is 19.1. The van der Waals surface area contributed by atoms with Gasteiger partial charge < -0.3 is 15.4 Å². The van der Waals surface area contributed by atoms with E-state index >= 15 is 0 Å². The molecular weight excluding hydrogens is 247 g/mol. The smallest absolute Gasteiger partial charge is 0.319 e. The van der Waals surface area contributed by atoms with E-state index in [4.69, 9.17) is 16.3 Å². The molecule has 6 heteroatoms. The molecule has 0 aliphatic carbocycles. The van der Waals surface area contributed by atoms with Crippen molar-refractivity contribution in [3.8, 4) is 0 Å². The number of urea groups is 1. The average molecular weight is 259 g/mol. The Labute approximate surface area is 103 Å². The molecule has 1 aromatic carbocycles. The van der Waals surface area contributed by atoms with Gasteiger partial charge in [0.15, 0.2) is 0 Å². The molecule has 0 aromatic heterocycles. The maximum atomic E-state index is 12.9. The summed E-state index contributed by atoms with van der Waals surface area (Å²) in [4.78, 5) is 11.6. The minimum Gasteiger partial charge on any atom is -0.379 e. The third-order valence-electron chi connectivity index (χ3n) is 2.44. The highest BCUT2D eigenvalue weighted by Gasteiger charge is 2.17. The van der Waals surface area contributed by atoms with Crippen LogP contribution in [0.15, 0.2) is 18.2 Å². The number of hydrogen-bond acceptors (Lipinski definition) is 2. The summed E-state index contributed by atoms with van der Waals surface area (Å²) in [6.45, 7) is 1.19. The van der Waals surface area contributed by atoms with Crippen LogP contribution in [0.3, 0.4) is 0 Å². The SMILES string of the molecule is O=C(Nc1ccc(F)c(Cl)c1)NC1CCOC1. The molecule has 1 heterocycles. The van der Waals surface area contributed by atoms with E-state index in [1.54, 1.807) is 0 Å². The van der Waals surface area contributed by atoms with Crippen LogP contribution >= 0.6 is 11.6 Å². The first-order chi connectivity index (χ1) is 8.15. The van der Waals surface area contributed by atoms with Crippen LogP contribution in [0.5, 0.6) is 0 Å². The lowest BCUT2D eigenvalue weighted by molar-refractivity contribution is 0.189. The molecule has 92 valence electrons. The number of carbonyl (C=O) groups excluding carboxylic acids is 1. The predicted molar refractivity (Wildman–Crippen MR) is 62.8 cm³/mol. The molecule has 17 heavy (non-hydrogen) atoms. The van der Waals surface area contributed by atoms with Gasteiger partial charge in [-0.1, -0.05) is 11.6 Å². The molecule has 2 N–H and O–H groups in total. The van der Waals surface area contributed by atoms with Gasteiger partial charge in [-0.15, -0.1) is 0 Å². The summed E-state index contributed by atoms with van der Waals surface area (Å²) in [6, 6.07) is 3.71. The average Bonchev–Trinajstić information content (AvgIpc) is 2.76. The van der Waals surface area contributed by atoms with Gasteiger partial charge in [-0.3, -0.25) is 0 Å². The van der Waals surface area contributed by atoms with Crippen LogP contribution in [0.4, 0.5) is 14.9 Å². The Hall–Kier alpha value is -1.33. The Kier molecular flexibility index (Phi) is 3.81. The third-order valence-corrected chi connectivity index (χ3v) is 2.73. The molecule has 1 aliphatic rings. The van der Waals surface area contributed by atoms with Crippen molar-refractivity contribution < 1.29 is 13.9 Å². The number of rotatable bonds is 2. The Bertz CT molecular complexity index is 422. The van der Waals surface area contributed by atoms with E-state index in [0.717, 1.165) is 6.42 Å². The third kappa shape index (κ3) is 3.31. The topological polar surface area (TPSA) is 50.4 Å². The lowest BCUT2D eigenvalue weighted by Crippen LogP contribution is -2.38. The quantitative estimate of drug-likeness (QED) is 0.856. The molecule has 1 saturated heterocycles. The molecule has 2 amide bonds. The zero-order valence-electron chi connectivity index (χ0n) is 9.00. The number of hydrogen-bond donors (Lipinski definition) is 2. The number of nitrogens with one attached hydrogen (secondary N) is 2. The summed E-state index contributed by atoms with van der Waals surface area (Å²) in [7, 11) is 0. The Morgan fingerprint density at radius 2 is 2.35 bits per heavy atom. The van der Waals surface area contributed by atoms with Crippen LogP contribution in [0.2, 0.25) is 5.02 Å². The van der Waals surface area contributed by atoms with E-state index in [1.165, 1.54) is 18.2 Å². The van der Waals surface area contributed by atoms with Crippen molar-refractivity contribution in [2.75, 3.05) is 18.5 Å². The molecular formula is C11H12ClFN2O2. The van der Waals surface area contributed by atoms with E-state index < -0.39 is 5.82 Å². The van der Waals surface area contributed by atoms with Crippen molar-refractivity contribution >= 4 is 23.3 Å². The summed E-state index contributed by atoms with van der Waals surface area (Å²) in [5.74, 6) is -0.512. The van der Waals surface area contributed by atoms with Gasteiger partial charge in [0.25, 0.3) is 0 Å². The van der Waals surface area contributed by atoms with Gasteiger partial charge in [0.1, 0.15) is 5.82 Å². The zero-order chi connectivity index (χ0) is 12.3. The van der Waals surface area contributed by atoms with Gasteiger partial charge in [-0.25, -0.2) is 9.18 Å². The maximum Gasteiger partial charge on any atom is 0.319 e. The fourth-order valence-electron chi connectivity index (χ4n) is 1.57. The van der Waals surface area contributed by atoms with E-state index in [-0.39, 0.29) is 17.1 Å². The fraction of sp³-hybridized carbons (Fsp3) is 0.364. The first-order valence-electron chi connectivity index (χ1n) is 5.25. The molecule has 1 unspecified atom stereocenters. The number of halogens is 2. The number of benzene rings is 1. The minimum absolute atomic E-state index is 0.0213. The van der Waals surface area contributed by atoms with Gasteiger partial charge in [0, 0.05) is 12.3 Å². The van der Waals surface area contributed by atoms with Crippen molar-refractivity contribution in [3.63, 3.8) is 0 Å². The number of amides is 2. The van der Waals surface area contributed by atoms with Crippen molar-refractivity contribution in [1.29, 1.82) is 0 Å². The monoisotopic (exact) mass is 258 g/mol. The number of ether oxygens (including phenoxy) is 1. The highest BCUT2D eigenvalue weighted by atomic mass is 35.5. The summed E-state index contributed by atoms with van der Waals surface area (Å²) in [6.07, 6.45) is 0.803. The van der Waals surface area contributed by atoms with E-state index in [2.05, 4.69) is 10.6 Å². The fourth-order valence-corrected chi connectivity index (χ4v) is 1.76. The standard InChI is InChI=1S/C11H12ClFN2O2/c12-9-5-7(1-2-10(9)13)14-11(16)15-8-3-4-17-6-8/h1-2,5,8H,3-4,6H2,(H2,14,15,16). The van der Waals surface area contributed by atoms with Gasteiger partial charge in [0.2, 0.25) is 0 Å². The zero-order valence-corrected chi connectivity index (χ0v) is 9.76. The van der Waals surface area contributed by atoms with E-state index in [9.17, 15) is 9.18 Å². The van der Waals surface area contributed by atoms with Gasteiger partial charge in [0.05, 0.1) is 17.7 Å². The highest BCUT2D eigenvalue weighted by molar-refractivity contribution is 6.31. The molecule has 2 rings (SSSR count). The molecule has 1 aromatic rings. The second-order valence-corrected chi connectivity index (χ2v) is 4.20. The van der Waals surface area contributed by atoms with Gasteiger partial charge in [-0.2, -0.15) is 0 Å². The first kappa shape index (κ1) is 12.1. The van der Waals surface area contributed by atoms with Gasteiger partial charge >= 0.3 is 6.03 Å². The number of anilines is 1. The molecule has 4 nitrogen and oxygen atoms in total. The van der Waals surface area contributed by atoms with Crippen molar-refractivity contribution in [3.05, 3.63) is 29.0 Å². The molecule has 1 aliphatic heterocycles. The molecule has 1 fully saturated rings. The second-order valence-electron chi connectivity index (χ2n) is 3.79. The summed E-state index contributed by atoms with van der Waals surface area (Å²) in [5, 5.41) is 5.31. The molecule has 0 bridgehead atoms. The molecule has 0 spiro atoms. The summed E-state index contributed by atoms with van der Waals surface area (Å²) < 4.78 is 18.0. The van der Waals surface area contributed by atoms with Crippen LogP contribution in [0.1, 0.15) is 6.42 Å². The Balaban J connectivity index is 1.90. The van der Waals surface area contributed by atoms with E-state index in [0.29, 0.717) is 18.9 Å². The van der Waals surface area contributed by atoms with Gasteiger partial charge in [-0.05, 0) is 24.6 Å². The first-order valence-corrected chi connectivity index (χ1v) is 5.63. The lowest BCUT2D eigenvalue weighted by Gasteiger charge is -2.12. The number of carbonyl (C=O) groups is 1. The van der Waals surface area contributed by atoms with Crippen molar-refractivity contribution in [2.45, 2.75) is 12.5 Å². The summed E-state index contributed by atoms with van der Waals surface area (Å²) in [5.41, 5.74) is 0.452. The molecule has 0 radical (unpaired) electrons. The van der Waals surface area contributed by atoms with Crippen LogP contribution in [-0.4, -0.2) is 25.3 Å². The predicted octanol–water partition coefficient (Wildman–Crippen LogP) is 2.39. The lowest BCUT2D eigenvalue weighted by atomic mass is 10.3. The Morgan fingerprint density at radius 1 is 1.53 bits per heavy atom. The molecule has 1 atom stereocenters. The van der Waals surface area contributed by atoms with Crippen LogP contribution < -0.4 is 10.6 Å². The van der Waals surface area contributed by atoms with E-state index in [1.807, 2.05) is 0 Å². The summed E-state index contributed by atoms with van der Waals surface area (Å²) >= 11 is 5.60.